The highest BCUT2D eigenvalue weighted by Crippen LogP contribution is 2.41. The van der Waals surface area contributed by atoms with Gasteiger partial charge in [-0.15, -0.1) is 11.8 Å². The van der Waals surface area contributed by atoms with Gasteiger partial charge in [-0.3, -0.25) is 24.0 Å². The van der Waals surface area contributed by atoms with Crippen LogP contribution in [0.5, 0.6) is 0 Å². The number of carbonyl (C=O) groups excluding carboxylic acids is 6. The van der Waals surface area contributed by atoms with Gasteiger partial charge in [0.15, 0.2) is 12.2 Å². The lowest BCUT2D eigenvalue weighted by atomic mass is 9.89. The average molecular weight is 522 g/mol. The summed E-state index contributed by atoms with van der Waals surface area (Å²) in [6, 6.07) is -1.17. The summed E-state index contributed by atoms with van der Waals surface area (Å²) in [5.74, 6) is -4.45. The largest absolute Gasteiger partial charge is 0.466 e. The maximum absolute atomic E-state index is 12.8. The van der Waals surface area contributed by atoms with Crippen LogP contribution in [0, 0.1) is 0 Å². The van der Waals surface area contributed by atoms with Gasteiger partial charge in [-0.25, -0.2) is 4.79 Å². The van der Waals surface area contributed by atoms with Crippen molar-refractivity contribution < 1.29 is 57.2 Å². The van der Waals surface area contributed by atoms with Gasteiger partial charge in [0.1, 0.15) is 18.8 Å². The smallest absolute Gasteiger partial charge is 0.348 e. The van der Waals surface area contributed by atoms with E-state index in [-0.39, 0.29) is 6.42 Å². The molecule has 35 heavy (non-hydrogen) atoms. The third-order valence-corrected chi connectivity index (χ3v) is 5.91. The number of methoxy groups -OCH3 is 1. The number of thioether (sulfide) groups is 1. The van der Waals surface area contributed by atoms with Crippen LogP contribution in [0.1, 0.15) is 41.0 Å². The normalized spacial score (nSPS) is 25.3. The Morgan fingerprint density at radius 2 is 1.57 bits per heavy atom. The molecule has 0 aromatic carbocycles. The van der Waals surface area contributed by atoms with Crippen molar-refractivity contribution >= 4 is 47.5 Å². The molecule has 1 saturated heterocycles. The minimum Gasteiger partial charge on any atom is -0.466 e. The fourth-order valence-corrected chi connectivity index (χ4v) is 4.40. The van der Waals surface area contributed by atoms with E-state index >= 15 is 0 Å². The summed E-state index contributed by atoms with van der Waals surface area (Å²) in [6.45, 7) is 5.08. The minimum absolute atomic E-state index is 0.225. The highest BCUT2D eigenvalue weighted by molar-refractivity contribution is 8.00. The maximum Gasteiger partial charge on any atom is 0.348 e. The lowest BCUT2D eigenvalue weighted by molar-refractivity contribution is -0.224. The van der Waals surface area contributed by atoms with Crippen LogP contribution in [0.2, 0.25) is 0 Å². The van der Waals surface area contributed by atoms with Crippen molar-refractivity contribution in [2.75, 3.05) is 20.0 Å². The predicted molar refractivity (Wildman–Crippen MR) is 119 cm³/mol. The molecule has 0 spiro atoms. The number of carbonyl (C=O) groups is 6. The van der Waals surface area contributed by atoms with Crippen LogP contribution >= 0.6 is 11.8 Å². The van der Waals surface area contributed by atoms with Crippen LogP contribution in [0.4, 0.5) is 0 Å². The van der Waals surface area contributed by atoms with Crippen LogP contribution in [0.15, 0.2) is 0 Å². The number of rotatable bonds is 10. The second-order valence-electron chi connectivity index (χ2n) is 7.63. The molecule has 1 fully saturated rings. The highest BCUT2D eigenvalue weighted by atomic mass is 32.2. The maximum atomic E-state index is 12.8. The second-order valence-corrected chi connectivity index (χ2v) is 8.70. The Morgan fingerprint density at radius 3 is 2.00 bits per heavy atom. The Hall–Kier alpha value is -2.87. The van der Waals surface area contributed by atoms with Gasteiger partial charge in [0.2, 0.25) is 10.8 Å². The van der Waals surface area contributed by atoms with E-state index in [9.17, 15) is 28.8 Å². The van der Waals surface area contributed by atoms with Gasteiger partial charge in [0.25, 0.3) is 0 Å². The Morgan fingerprint density at radius 1 is 0.971 bits per heavy atom. The van der Waals surface area contributed by atoms with Crippen molar-refractivity contribution in [1.29, 1.82) is 0 Å². The second kappa shape index (κ2) is 13.3. The summed E-state index contributed by atoms with van der Waals surface area (Å²) in [5, 5.41) is 2.59. The zero-order valence-corrected chi connectivity index (χ0v) is 21.4. The van der Waals surface area contributed by atoms with Crippen molar-refractivity contribution in [3.05, 3.63) is 0 Å². The van der Waals surface area contributed by atoms with E-state index in [0.717, 1.165) is 46.6 Å². The third-order valence-electron chi connectivity index (χ3n) is 4.82. The summed E-state index contributed by atoms with van der Waals surface area (Å²) in [5.41, 5.74) is 0. The molecule has 1 heterocycles. The molecule has 0 saturated carbocycles. The SMILES string of the molecule is COC(=O)[C@]1(SC)C[C@H](OC(C)=O)[C@@H](NC(C)=O)[C@H]([C@H](OC(C)=O)[C@@H](COC(C)=O)OC(C)=O)O1. The van der Waals surface area contributed by atoms with E-state index in [1.807, 2.05) is 0 Å². The van der Waals surface area contributed by atoms with E-state index in [1.165, 1.54) is 6.92 Å². The van der Waals surface area contributed by atoms with Crippen molar-refractivity contribution in [3.63, 3.8) is 0 Å². The van der Waals surface area contributed by atoms with Gasteiger partial charge >= 0.3 is 29.8 Å². The van der Waals surface area contributed by atoms with Gasteiger partial charge < -0.3 is 33.7 Å². The van der Waals surface area contributed by atoms with E-state index < -0.39 is 77.8 Å². The van der Waals surface area contributed by atoms with Gasteiger partial charge in [-0.1, -0.05) is 0 Å². The van der Waals surface area contributed by atoms with Crippen LogP contribution in [0.3, 0.4) is 0 Å². The number of hydrogen-bond acceptors (Lipinski definition) is 13. The van der Waals surface area contributed by atoms with Crippen molar-refractivity contribution in [2.45, 2.75) is 76.4 Å². The molecule has 1 aliphatic heterocycles. The Kier molecular flexibility index (Phi) is 11.4. The predicted octanol–water partition coefficient (Wildman–Crippen LogP) is -0.129. The summed E-state index contributed by atoms with van der Waals surface area (Å²) in [7, 11) is 1.13. The minimum atomic E-state index is -1.75. The number of amides is 1. The lowest BCUT2D eigenvalue weighted by Gasteiger charge is -2.48. The van der Waals surface area contributed by atoms with E-state index in [2.05, 4.69) is 5.32 Å². The number of ether oxygens (including phenoxy) is 6. The monoisotopic (exact) mass is 521 g/mol. The van der Waals surface area contributed by atoms with Crippen molar-refractivity contribution in [2.24, 2.45) is 0 Å². The van der Waals surface area contributed by atoms with Gasteiger partial charge in [-0.2, -0.15) is 0 Å². The molecule has 1 N–H and O–H groups in total. The Bertz CT molecular complexity index is 833. The number of nitrogens with one attached hydrogen (secondary N) is 1. The van der Waals surface area contributed by atoms with Gasteiger partial charge in [0.05, 0.1) is 13.2 Å². The van der Waals surface area contributed by atoms with Crippen LogP contribution in [-0.2, 0) is 57.2 Å². The molecule has 1 aliphatic rings. The average Bonchev–Trinajstić information content (AvgIpc) is 2.74. The Balaban J connectivity index is 3.72. The molecule has 13 nitrogen and oxygen atoms in total. The third kappa shape index (κ3) is 8.69. The van der Waals surface area contributed by atoms with E-state index in [4.69, 9.17) is 28.4 Å². The molecule has 0 unspecified atom stereocenters. The standard InChI is InChI=1S/C21H31NO12S/c1-10(23)22-17-15(31-12(3)25)8-21(35-7,20(28)29-6)34-19(17)18(33-14(5)27)16(32-13(4)26)9-30-11(2)24/h15-19H,8-9H2,1-7H3,(H,22,23)/t15-,16+,17+,18+,19+,21+/m0/s1. The van der Waals surface area contributed by atoms with E-state index in [1.54, 1.807) is 6.26 Å². The number of hydrogen-bond donors (Lipinski definition) is 1. The molecule has 1 rings (SSSR count). The zero-order chi connectivity index (χ0) is 26.9. The van der Waals surface area contributed by atoms with Crippen LogP contribution in [0.25, 0.3) is 0 Å². The Labute approximate surface area is 206 Å². The highest BCUT2D eigenvalue weighted by Gasteiger charge is 2.58. The zero-order valence-electron chi connectivity index (χ0n) is 20.6. The quantitative estimate of drug-likeness (QED) is 0.298. The number of esters is 5. The first-order valence-electron chi connectivity index (χ1n) is 10.5. The summed E-state index contributed by atoms with van der Waals surface area (Å²) in [6.07, 6.45) is -4.17. The molecule has 1 amide bonds. The van der Waals surface area contributed by atoms with Crippen molar-refractivity contribution in [3.8, 4) is 0 Å². The fraction of sp³-hybridized carbons (Fsp3) is 0.714. The molecule has 0 bridgehead atoms. The topological polar surface area (TPSA) is 170 Å². The fourth-order valence-electron chi connectivity index (χ4n) is 3.61. The molecule has 6 atom stereocenters. The van der Waals surface area contributed by atoms with Crippen LogP contribution in [-0.4, -0.2) is 91.1 Å². The first-order chi connectivity index (χ1) is 16.3. The molecular formula is C21H31NO12S. The molecule has 0 radical (unpaired) electrons. The molecule has 0 aromatic heterocycles. The van der Waals surface area contributed by atoms with E-state index in [0.29, 0.717) is 0 Å². The summed E-state index contributed by atoms with van der Waals surface area (Å²) >= 11 is 0.927. The molecule has 0 aliphatic carbocycles. The van der Waals surface area contributed by atoms with Crippen molar-refractivity contribution in [1.82, 2.24) is 5.32 Å². The first kappa shape index (κ1) is 30.2. The first-order valence-corrected chi connectivity index (χ1v) is 11.7. The molecule has 14 heteroatoms. The van der Waals surface area contributed by atoms with Gasteiger partial charge in [0, 0.05) is 41.0 Å². The lowest BCUT2D eigenvalue weighted by Crippen LogP contribution is -2.68. The van der Waals surface area contributed by atoms with Crippen LogP contribution < -0.4 is 5.32 Å². The molecule has 0 aromatic rings. The summed E-state index contributed by atoms with van der Waals surface area (Å²) in [4.78, 5) is 70.2. The molecule has 198 valence electrons. The molecular weight excluding hydrogens is 490 g/mol. The summed E-state index contributed by atoms with van der Waals surface area (Å²) < 4.78 is 32.1. The van der Waals surface area contributed by atoms with Gasteiger partial charge in [-0.05, 0) is 6.26 Å².